The van der Waals surface area contributed by atoms with Crippen molar-refractivity contribution in [1.82, 2.24) is 0 Å². The normalized spacial score (nSPS) is 15.2. The lowest BCUT2D eigenvalue weighted by molar-refractivity contribution is -0.114. The highest BCUT2D eigenvalue weighted by Crippen LogP contribution is 2.19. The summed E-state index contributed by atoms with van der Waals surface area (Å²) in [6.07, 6.45) is -0.218. The van der Waals surface area contributed by atoms with E-state index in [9.17, 15) is 5.11 Å². The molecule has 3 heteroatoms. The van der Waals surface area contributed by atoms with Gasteiger partial charge in [0.15, 0.2) is 0 Å². The molecule has 1 atom stereocenters. The van der Waals surface area contributed by atoms with Crippen molar-refractivity contribution < 1.29 is 14.9 Å². The molecule has 0 aromatic rings. The van der Waals surface area contributed by atoms with Gasteiger partial charge in [-0.3, -0.25) is 0 Å². The van der Waals surface area contributed by atoms with Crippen LogP contribution in [0.2, 0.25) is 0 Å². The third kappa shape index (κ3) is 4.04. The highest BCUT2D eigenvalue weighted by atomic mass is 16.5. The predicted octanol–water partition coefficient (Wildman–Crippen LogP) is 0.791. The second kappa shape index (κ2) is 4.80. The van der Waals surface area contributed by atoms with Crippen LogP contribution in [-0.2, 0) is 4.74 Å². The lowest BCUT2D eigenvalue weighted by Crippen LogP contribution is -2.42. The van der Waals surface area contributed by atoms with E-state index >= 15 is 0 Å². The van der Waals surface area contributed by atoms with E-state index in [-0.39, 0.29) is 25.2 Å². The maximum atomic E-state index is 9.67. The van der Waals surface area contributed by atoms with Crippen molar-refractivity contribution in [3.63, 3.8) is 0 Å². The molecule has 0 spiro atoms. The predicted molar refractivity (Wildman–Crippen MR) is 48.0 cm³/mol. The van der Waals surface area contributed by atoms with Crippen LogP contribution in [0.15, 0.2) is 0 Å². The van der Waals surface area contributed by atoms with E-state index in [0.29, 0.717) is 0 Å². The van der Waals surface area contributed by atoms with Crippen LogP contribution < -0.4 is 0 Å². The summed E-state index contributed by atoms with van der Waals surface area (Å²) in [5.41, 5.74) is -0.844. The minimum absolute atomic E-state index is 0.000694. The molecular formula is C9H20O3. The first-order chi connectivity index (χ1) is 5.39. The molecule has 0 saturated carbocycles. The zero-order chi connectivity index (χ0) is 9.78. The van der Waals surface area contributed by atoms with Crippen LogP contribution in [0.25, 0.3) is 0 Å². The second-order valence-electron chi connectivity index (χ2n) is 3.91. The minimum Gasteiger partial charge on any atom is -0.394 e. The van der Waals surface area contributed by atoms with Gasteiger partial charge in [-0.15, -0.1) is 0 Å². The number of ether oxygens (including phenoxy) is 1. The smallest absolute Gasteiger partial charge is 0.0880 e. The first-order valence-electron chi connectivity index (χ1n) is 4.34. The average Bonchev–Trinajstić information content (AvgIpc) is 1.84. The zero-order valence-corrected chi connectivity index (χ0v) is 8.37. The summed E-state index contributed by atoms with van der Waals surface area (Å²) < 4.78 is 5.32. The summed E-state index contributed by atoms with van der Waals surface area (Å²) in [4.78, 5) is 0. The third-order valence-electron chi connectivity index (χ3n) is 1.69. The lowest BCUT2D eigenvalue weighted by atomic mass is 9.92. The van der Waals surface area contributed by atoms with Gasteiger partial charge in [0.05, 0.1) is 24.9 Å². The fraction of sp³-hybridized carbons (Fsp3) is 1.00. The van der Waals surface area contributed by atoms with E-state index in [4.69, 9.17) is 9.84 Å². The van der Waals surface area contributed by atoms with Crippen LogP contribution in [0.4, 0.5) is 0 Å². The van der Waals surface area contributed by atoms with Gasteiger partial charge in [0.2, 0.25) is 0 Å². The van der Waals surface area contributed by atoms with Crippen molar-refractivity contribution >= 4 is 0 Å². The molecule has 3 nitrogen and oxygen atoms in total. The van der Waals surface area contributed by atoms with Gasteiger partial charge in [-0.2, -0.15) is 0 Å². The van der Waals surface area contributed by atoms with Gasteiger partial charge < -0.3 is 14.9 Å². The molecule has 0 aliphatic heterocycles. The summed E-state index contributed by atoms with van der Waals surface area (Å²) in [7, 11) is 0. The van der Waals surface area contributed by atoms with Crippen LogP contribution in [-0.4, -0.2) is 35.1 Å². The van der Waals surface area contributed by atoms with Crippen molar-refractivity contribution in [2.75, 3.05) is 13.2 Å². The Hall–Kier alpha value is -0.120. The van der Waals surface area contributed by atoms with E-state index in [2.05, 4.69) is 0 Å². The van der Waals surface area contributed by atoms with Gasteiger partial charge in [0, 0.05) is 0 Å². The second-order valence-corrected chi connectivity index (χ2v) is 3.91. The third-order valence-corrected chi connectivity index (χ3v) is 1.69. The molecule has 0 bridgehead atoms. The molecule has 0 rings (SSSR count). The summed E-state index contributed by atoms with van der Waals surface area (Å²) in [5.74, 6) is 0.247. The van der Waals surface area contributed by atoms with Gasteiger partial charge in [0.1, 0.15) is 0 Å². The Bertz CT molecular complexity index is 115. The molecule has 2 N–H and O–H groups in total. The molecule has 0 unspecified atom stereocenters. The molecule has 0 aliphatic carbocycles. The van der Waals surface area contributed by atoms with Crippen molar-refractivity contribution in [3.05, 3.63) is 0 Å². The Balaban J connectivity index is 4.05. The molecule has 0 aromatic carbocycles. The van der Waals surface area contributed by atoms with E-state index < -0.39 is 5.60 Å². The standard InChI is InChI=1S/C9H20O3/c1-7(2)8(9(3,4)11)12-6-5-10/h7-8,10-11H,5-6H2,1-4H3/t8-/m0/s1. The molecule has 0 aliphatic rings. The minimum atomic E-state index is -0.844. The highest BCUT2D eigenvalue weighted by Gasteiger charge is 2.29. The number of rotatable bonds is 5. The van der Waals surface area contributed by atoms with Gasteiger partial charge in [-0.05, 0) is 19.8 Å². The Labute approximate surface area is 74.4 Å². The van der Waals surface area contributed by atoms with Gasteiger partial charge in [-0.1, -0.05) is 13.8 Å². The largest absolute Gasteiger partial charge is 0.394 e. The summed E-state index contributed by atoms with van der Waals surface area (Å²) >= 11 is 0. The molecule has 12 heavy (non-hydrogen) atoms. The summed E-state index contributed by atoms with van der Waals surface area (Å²) in [6.45, 7) is 7.69. The Morgan fingerprint density at radius 3 is 2.08 bits per heavy atom. The van der Waals surface area contributed by atoms with E-state index in [1.165, 1.54) is 0 Å². The van der Waals surface area contributed by atoms with Crippen molar-refractivity contribution in [1.29, 1.82) is 0 Å². The maximum absolute atomic E-state index is 9.67. The average molecular weight is 176 g/mol. The SMILES string of the molecule is CC(C)[C@H](OCCO)C(C)(C)O. The van der Waals surface area contributed by atoms with Gasteiger partial charge >= 0.3 is 0 Å². The molecular weight excluding hydrogens is 156 g/mol. The van der Waals surface area contributed by atoms with Crippen molar-refractivity contribution in [2.45, 2.75) is 39.4 Å². The molecule has 0 aromatic heterocycles. The number of hydrogen-bond acceptors (Lipinski definition) is 3. The number of aliphatic hydroxyl groups is 2. The van der Waals surface area contributed by atoms with Crippen LogP contribution in [0.3, 0.4) is 0 Å². The van der Waals surface area contributed by atoms with Crippen LogP contribution in [0.1, 0.15) is 27.7 Å². The fourth-order valence-corrected chi connectivity index (χ4v) is 1.39. The first kappa shape index (κ1) is 11.9. The molecule has 74 valence electrons. The van der Waals surface area contributed by atoms with E-state index in [1.807, 2.05) is 13.8 Å². The Morgan fingerprint density at radius 1 is 1.33 bits per heavy atom. The fourth-order valence-electron chi connectivity index (χ4n) is 1.39. The monoisotopic (exact) mass is 176 g/mol. The molecule has 0 fully saturated rings. The first-order valence-corrected chi connectivity index (χ1v) is 4.34. The highest BCUT2D eigenvalue weighted by molar-refractivity contribution is 4.80. The van der Waals surface area contributed by atoms with Gasteiger partial charge in [0.25, 0.3) is 0 Å². The quantitative estimate of drug-likeness (QED) is 0.651. The molecule has 0 heterocycles. The van der Waals surface area contributed by atoms with Crippen LogP contribution >= 0.6 is 0 Å². The topological polar surface area (TPSA) is 49.7 Å². The van der Waals surface area contributed by atoms with E-state index in [0.717, 1.165) is 0 Å². The molecule has 0 saturated heterocycles. The number of aliphatic hydroxyl groups excluding tert-OH is 1. The summed E-state index contributed by atoms with van der Waals surface area (Å²) in [6, 6.07) is 0. The van der Waals surface area contributed by atoms with Crippen LogP contribution in [0, 0.1) is 5.92 Å². The zero-order valence-electron chi connectivity index (χ0n) is 8.37. The summed E-state index contributed by atoms with van der Waals surface area (Å²) in [5, 5.41) is 18.2. The molecule has 0 amide bonds. The Morgan fingerprint density at radius 2 is 1.83 bits per heavy atom. The van der Waals surface area contributed by atoms with Crippen molar-refractivity contribution in [3.8, 4) is 0 Å². The van der Waals surface area contributed by atoms with Crippen LogP contribution in [0.5, 0.6) is 0 Å². The van der Waals surface area contributed by atoms with E-state index in [1.54, 1.807) is 13.8 Å². The number of hydrogen-bond donors (Lipinski definition) is 2. The Kier molecular flexibility index (Phi) is 4.75. The maximum Gasteiger partial charge on any atom is 0.0880 e. The lowest BCUT2D eigenvalue weighted by Gasteiger charge is -2.32. The van der Waals surface area contributed by atoms with Crippen molar-refractivity contribution in [2.24, 2.45) is 5.92 Å². The van der Waals surface area contributed by atoms with Gasteiger partial charge in [-0.25, -0.2) is 0 Å². The molecule has 0 radical (unpaired) electrons.